The lowest BCUT2D eigenvalue weighted by molar-refractivity contribution is -0.144. The van der Waals surface area contributed by atoms with Crippen molar-refractivity contribution < 1.29 is 19.1 Å². The second-order valence-electron chi connectivity index (χ2n) is 6.67. The Bertz CT molecular complexity index is 891. The van der Waals surface area contributed by atoms with E-state index in [1.165, 1.54) is 13.0 Å². The summed E-state index contributed by atoms with van der Waals surface area (Å²) in [5.74, 6) is -1.35. The highest BCUT2D eigenvalue weighted by atomic mass is 16.5. The molecule has 2 amide bonds. The Hall–Kier alpha value is -3.41. The van der Waals surface area contributed by atoms with Crippen molar-refractivity contribution in [3.63, 3.8) is 0 Å². The first-order valence-electron chi connectivity index (χ1n) is 9.51. The molecule has 1 unspecified atom stereocenters. The van der Waals surface area contributed by atoms with Crippen LogP contribution in [-0.4, -0.2) is 24.4 Å². The van der Waals surface area contributed by atoms with Gasteiger partial charge in [-0.05, 0) is 35.6 Å². The summed E-state index contributed by atoms with van der Waals surface area (Å²) in [6.45, 7) is 5.00. The molecule has 0 aliphatic rings. The minimum absolute atomic E-state index is 0.0310. The van der Waals surface area contributed by atoms with Crippen LogP contribution in [0.25, 0.3) is 6.08 Å². The third kappa shape index (κ3) is 6.92. The molecule has 2 aromatic carbocycles. The second kappa shape index (κ2) is 10.8. The molecule has 0 aliphatic heterocycles. The van der Waals surface area contributed by atoms with Crippen molar-refractivity contribution in [3.05, 3.63) is 71.4 Å². The summed E-state index contributed by atoms with van der Waals surface area (Å²) in [5, 5.41) is 5.24. The molecular formula is C23H26N2O4. The minimum atomic E-state index is -0.783. The molecule has 0 fully saturated rings. The topological polar surface area (TPSA) is 84.5 Å². The van der Waals surface area contributed by atoms with Gasteiger partial charge in [-0.1, -0.05) is 62.4 Å². The van der Waals surface area contributed by atoms with E-state index < -0.39 is 24.4 Å². The fraction of sp³-hybridized carbons (Fsp3) is 0.261. The lowest BCUT2D eigenvalue weighted by atomic mass is 9.97. The fourth-order valence-electron chi connectivity index (χ4n) is 2.71. The molecule has 0 bridgehead atoms. The van der Waals surface area contributed by atoms with Crippen molar-refractivity contribution in [1.82, 2.24) is 5.32 Å². The molecular weight excluding hydrogens is 368 g/mol. The predicted octanol–water partition coefficient (Wildman–Crippen LogP) is 3.86. The number of amides is 2. The average Bonchev–Trinajstić information content (AvgIpc) is 2.71. The number of para-hydroxylation sites is 1. The molecule has 0 radical (unpaired) electrons. The number of benzene rings is 2. The Morgan fingerprint density at radius 3 is 2.34 bits per heavy atom. The van der Waals surface area contributed by atoms with E-state index in [4.69, 9.17) is 4.74 Å². The monoisotopic (exact) mass is 394 g/mol. The van der Waals surface area contributed by atoms with Gasteiger partial charge < -0.3 is 15.4 Å². The average molecular weight is 394 g/mol. The van der Waals surface area contributed by atoms with Gasteiger partial charge in [0.2, 0.25) is 5.91 Å². The quantitative estimate of drug-likeness (QED) is 0.526. The van der Waals surface area contributed by atoms with Gasteiger partial charge >= 0.3 is 5.97 Å². The maximum atomic E-state index is 12.4. The molecule has 0 saturated carbocycles. The highest BCUT2D eigenvalue weighted by molar-refractivity contribution is 5.99. The van der Waals surface area contributed by atoms with Crippen molar-refractivity contribution in [3.8, 4) is 0 Å². The third-order valence-electron chi connectivity index (χ3n) is 4.35. The first-order valence-corrected chi connectivity index (χ1v) is 9.51. The van der Waals surface area contributed by atoms with Gasteiger partial charge in [-0.15, -0.1) is 0 Å². The van der Waals surface area contributed by atoms with Crippen LogP contribution in [-0.2, 0) is 19.1 Å². The van der Waals surface area contributed by atoms with E-state index in [0.717, 1.165) is 17.5 Å². The molecule has 2 rings (SSSR count). The molecule has 152 valence electrons. The molecule has 0 saturated heterocycles. The zero-order chi connectivity index (χ0) is 21.2. The number of carbonyl (C=O) groups excluding carboxylic acids is 3. The Morgan fingerprint density at radius 1 is 1.03 bits per heavy atom. The largest absolute Gasteiger partial charge is 0.451 e. The Morgan fingerprint density at radius 2 is 1.69 bits per heavy atom. The fourth-order valence-corrected chi connectivity index (χ4v) is 2.71. The first kappa shape index (κ1) is 21.9. The van der Waals surface area contributed by atoms with Gasteiger partial charge in [-0.2, -0.15) is 0 Å². The number of anilines is 1. The molecule has 29 heavy (non-hydrogen) atoms. The van der Waals surface area contributed by atoms with Crippen molar-refractivity contribution >= 4 is 29.5 Å². The number of esters is 1. The Balaban J connectivity index is 2.03. The summed E-state index contributed by atoms with van der Waals surface area (Å²) in [6.07, 6.45) is 2.44. The lowest BCUT2D eigenvalue weighted by Crippen LogP contribution is -2.29. The molecule has 0 heterocycles. The highest BCUT2D eigenvalue weighted by Crippen LogP contribution is 2.26. The van der Waals surface area contributed by atoms with Gasteiger partial charge in [0.1, 0.15) is 5.70 Å². The van der Waals surface area contributed by atoms with Gasteiger partial charge in [-0.25, -0.2) is 4.79 Å². The molecule has 0 aliphatic carbocycles. The van der Waals surface area contributed by atoms with E-state index in [1.807, 2.05) is 42.5 Å². The van der Waals surface area contributed by atoms with Gasteiger partial charge in [0.25, 0.3) is 5.91 Å². The van der Waals surface area contributed by atoms with Gasteiger partial charge in [-0.3, -0.25) is 9.59 Å². The third-order valence-corrected chi connectivity index (χ3v) is 4.35. The smallest absolute Gasteiger partial charge is 0.355 e. The van der Waals surface area contributed by atoms with E-state index in [2.05, 4.69) is 24.5 Å². The number of nitrogens with one attached hydrogen (secondary N) is 2. The standard InChI is InChI=1S/C23H26N2O4/c1-4-16(2)19-12-8-9-13-20(19)25-22(27)15-29-23(28)21(24-17(3)26)14-18-10-6-5-7-11-18/h5-14,16H,4,15H2,1-3H3,(H,24,26)(H,25,27). The van der Waals surface area contributed by atoms with Crippen LogP contribution < -0.4 is 10.6 Å². The summed E-state index contributed by atoms with van der Waals surface area (Å²) in [5.41, 5.74) is 2.42. The molecule has 1 atom stereocenters. The van der Waals surface area contributed by atoms with E-state index in [1.54, 1.807) is 12.1 Å². The zero-order valence-electron chi connectivity index (χ0n) is 16.9. The molecule has 2 N–H and O–H groups in total. The van der Waals surface area contributed by atoms with Gasteiger partial charge in [0.05, 0.1) is 0 Å². The number of carbonyl (C=O) groups is 3. The molecule has 6 heteroatoms. The van der Waals surface area contributed by atoms with Crippen molar-refractivity contribution in [2.24, 2.45) is 0 Å². The maximum absolute atomic E-state index is 12.4. The zero-order valence-corrected chi connectivity index (χ0v) is 16.9. The number of ether oxygens (including phenoxy) is 1. The first-order chi connectivity index (χ1) is 13.9. The Labute approximate surface area is 171 Å². The molecule has 0 spiro atoms. The van der Waals surface area contributed by atoms with Crippen LogP contribution in [0.4, 0.5) is 5.69 Å². The van der Waals surface area contributed by atoms with Gasteiger partial charge in [0.15, 0.2) is 6.61 Å². The van der Waals surface area contributed by atoms with E-state index in [9.17, 15) is 14.4 Å². The lowest BCUT2D eigenvalue weighted by Gasteiger charge is -2.15. The van der Waals surface area contributed by atoms with Crippen LogP contribution in [0, 0.1) is 0 Å². The predicted molar refractivity (Wildman–Crippen MR) is 113 cm³/mol. The van der Waals surface area contributed by atoms with Crippen molar-refractivity contribution in [2.75, 3.05) is 11.9 Å². The van der Waals surface area contributed by atoms with Crippen LogP contribution in [0.15, 0.2) is 60.3 Å². The van der Waals surface area contributed by atoms with Crippen molar-refractivity contribution in [2.45, 2.75) is 33.1 Å². The normalized spacial score (nSPS) is 12.0. The second-order valence-corrected chi connectivity index (χ2v) is 6.67. The minimum Gasteiger partial charge on any atom is -0.451 e. The molecule has 0 aromatic heterocycles. The molecule has 6 nitrogen and oxygen atoms in total. The number of rotatable bonds is 8. The SMILES string of the molecule is CCC(C)c1ccccc1NC(=O)COC(=O)C(=Cc1ccccc1)NC(C)=O. The maximum Gasteiger partial charge on any atom is 0.355 e. The van der Waals surface area contributed by atoms with Gasteiger partial charge in [0, 0.05) is 12.6 Å². The molecule has 2 aromatic rings. The van der Waals surface area contributed by atoms with Crippen molar-refractivity contribution in [1.29, 1.82) is 0 Å². The Kier molecular flexibility index (Phi) is 8.15. The summed E-state index contributed by atoms with van der Waals surface area (Å²) in [4.78, 5) is 36.1. The number of hydrogen-bond acceptors (Lipinski definition) is 4. The van der Waals surface area contributed by atoms with E-state index in [0.29, 0.717) is 5.69 Å². The van der Waals surface area contributed by atoms with E-state index >= 15 is 0 Å². The highest BCUT2D eigenvalue weighted by Gasteiger charge is 2.16. The van der Waals surface area contributed by atoms with Crippen LogP contribution in [0.1, 0.15) is 44.2 Å². The summed E-state index contributed by atoms with van der Waals surface area (Å²) in [6, 6.07) is 16.6. The summed E-state index contributed by atoms with van der Waals surface area (Å²) < 4.78 is 5.10. The summed E-state index contributed by atoms with van der Waals surface area (Å²) >= 11 is 0. The van der Waals surface area contributed by atoms with Crippen LogP contribution in [0.2, 0.25) is 0 Å². The van der Waals surface area contributed by atoms with Crippen LogP contribution in [0.5, 0.6) is 0 Å². The number of hydrogen-bond donors (Lipinski definition) is 2. The van der Waals surface area contributed by atoms with E-state index in [-0.39, 0.29) is 11.6 Å². The van der Waals surface area contributed by atoms with Crippen LogP contribution in [0.3, 0.4) is 0 Å². The summed E-state index contributed by atoms with van der Waals surface area (Å²) in [7, 11) is 0. The van der Waals surface area contributed by atoms with Crippen LogP contribution >= 0.6 is 0 Å².